The van der Waals surface area contributed by atoms with E-state index in [4.69, 9.17) is 0 Å². The molecule has 1 aromatic heterocycles. The van der Waals surface area contributed by atoms with Gasteiger partial charge in [0, 0.05) is 43.3 Å². The van der Waals surface area contributed by atoms with E-state index in [2.05, 4.69) is 0 Å². The van der Waals surface area contributed by atoms with Gasteiger partial charge in [0.25, 0.3) is 11.8 Å². The van der Waals surface area contributed by atoms with Crippen LogP contribution < -0.4 is 0 Å². The highest BCUT2D eigenvalue weighted by Gasteiger charge is 2.50. The smallest absolute Gasteiger partial charge is 0.254 e. The van der Waals surface area contributed by atoms with Crippen molar-refractivity contribution >= 4 is 32.7 Å². The molecule has 0 bridgehead atoms. The largest absolute Gasteiger partial charge is 0.380 e. The molecular weight excluding hydrogens is 442 g/mol. The number of carbonyl (C=O) groups is 2. The summed E-state index contributed by atoms with van der Waals surface area (Å²) in [5.41, 5.74) is 1.73. The fourth-order valence-electron chi connectivity index (χ4n) is 4.30. The molecule has 2 heterocycles. The maximum atomic E-state index is 12.9. The predicted octanol–water partition coefficient (Wildman–Crippen LogP) is 1.93. The van der Waals surface area contributed by atoms with Gasteiger partial charge >= 0.3 is 0 Å². The molecule has 33 heavy (non-hydrogen) atoms. The van der Waals surface area contributed by atoms with E-state index in [1.54, 1.807) is 34.2 Å². The molecule has 3 aromatic rings. The number of aromatic nitrogens is 1. The second-order valence-corrected chi connectivity index (χ2v) is 10.7. The summed E-state index contributed by atoms with van der Waals surface area (Å²) in [7, 11) is -3.40. The SMILES string of the molecule is CS(=O)(=O)n1ccc2ccc(-c3ccc(C(=O)N4CCN(C(=O)C5(O)CC5)CC4)cc3)cc21. The third-order valence-electron chi connectivity index (χ3n) is 6.46. The van der Waals surface area contributed by atoms with Crippen molar-refractivity contribution in [2.45, 2.75) is 18.4 Å². The Labute approximate surface area is 192 Å². The van der Waals surface area contributed by atoms with Crippen LogP contribution in [0.5, 0.6) is 0 Å². The number of piperazine rings is 1. The lowest BCUT2D eigenvalue weighted by atomic mass is 10.0. The Morgan fingerprint density at radius 3 is 2.09 bits per heavy atom. The molecule has 0 radical (unpaired) electrons. The highest BCUT2D eigenvalue weighted by molar-refractivity contribution is 7.89. The minimum Gasteiger partial charge on any atom is -0.380 e. The normalized spacial score (nSPS) is 17.9. The average Bonchev–Trinajstić information content (AvgIpc) is 3.41. The Morgan fingerprint density at radius 2 is 1.48 bits per heavy atom. The quantitative estimate of drug-likeness (QED) is 0.632. The third kappa shape index (κ3) is 4.02. The molecule has 9 heteroatoms. The molecule has 1 saturated heterocycles. The number of rotatable bonds is 4. The van der Waals surface area contributed by atoms with Gasteiger partial charge in [0.2, 0.25) is 10.0 Å². The highest BCUT2D eigenvalue weighted by Crippen LogP contribution is 2.37. The zero-order valence-electron chi connectivity index (χ0n) is 18.3. The van der Waals surface area contributed by atoms with Crippen LogP contribution in [0.15, 0.2) is 54.7 Å². The molecule has 8 nitrogen and oxygen atoms in total. The Morgan fingerprint density at radius 1 is 0.879 bits per heavy atom. The van der Waals surface area contributed by atoms with Gasteiger partial charge in [0.15, 0.2) is 0 Å². The van der Waals surface area contributed by atoms with E-state index in [1.807, 2.05) is 30.3 Å². The van der Waals surface area contributed by atoms with E-state index < -0.39 is 15.6 Å². The monoisotopic (exact) mass is 467 g/mol. The van der Waals surface area contributed by atoms with Crippen LogP contribution in [0, 0.1) is 0 Å². The van der Waals surface area contributed by atoms with Gasteiger partial charge in [-0.1, -0.05) is 24.3 Å². The zero-order chi connectivity index (χ0) is 23.4. The molecular formula is C24H25N3O5S. The number of fused-ring (bicyclic) bond motifs is 1. The van der Waals surface area contributed by atoms with Gasteiger partial charge in [0.1, 0.15) is 5.60 Å². The first kappa shape index (κ1) is 21.7. The summed E-state index contributed by atoms with van der Waals surface area (Å²) in [6.45, 7) is 1.71. The maximum Gasteiger partial charge on any atom is 0.254 e. The summed E-state index contributed by atoms with van der Waals surface area (Å²) in [5, 5.41) is 10.9. The second kappa shape index (κ2) is 7.71. The zero-order valence-corrected chi connectivity index (χ0v) is 19.1. The molecule has 1 aliphatic heterocycles. The molecule has 2 aromatic carbocycles. The Kier molecular flexibility index (Phi) is 5.06. The average molecular weight is 468 g/mol. The van der Waals surface area contributed by atoms with E-state index in [0.29, 0.717) is 50.1 Å². The lowest BCUT2D eigenvalue weighted by Gasteiger charge is -2.35. The number of hydrogen-bond donors (Lipinski definition) is 1. The molecule has 0 spiro atoms. The van der Waals surface area contributed by atoms with Crippen molar-refractivity contribution in [2.24, 2.45) is 0 Å². The van der Waals surface area contributed by atoms with E-state index in [-0.39, 0.29) is 11.8 Å². The molecule has 0 atom stereocenters. The van der Waals surface area contributed by atoms with Gasteiger partial charge in [0.05, 0.1) is 11.8 Å². The maximum absolute atomic E-state index is 12.9. The topological polar surface area (TPSA) is 99.9 Å². The Bertz CT molecular complexity index is 1350. The van der Waals surface area contributed by atoms with Crippen LogP contribution in [0.1, 0.15) is 23.2 Å². The molecule has 0 unspecified atom stereocenters. The number of benzene rings is 2. The van der Waals surface area contributed by atoms with Crippen molar-refractivity contribution < 1.29 is 23.1 Å². The molecule has 1 aliphatic carbocycles. The van der Waals surface area contributed by atoms with Crippen molar-refractivity contribution in [3.63, 3.8) is 0 Å². The van der Waals surface area contributed by atoms with Crippen molar-refractivity contribution in [1.82, 2.24) is 13.8 Å². The van der Waals surface area contributed by atoms with Gasteiger partial charge in [-0.2, -0.15) is 0 Å². The second-order valence-electron chi connectivity index (χ2n) is 8.84. The van der Waals surface area contributed by atoms with E-state index in [9.17, 15) is 23.1 Å². The van der Waals surface area contributed by atoms with Crippen LogP contribution in [0.3, 0.4) is 0 Å². The summed E-state index contributed by atoms with van der Waals surface area (Å²) in [6.07, 6.45) is 3.75. The first-order chi connectivity index (χ1) is 15.7. The summed E-state index contributed by atoms with van der Waals surface area (Å²) in [6, 6.07) is 14.6. The Balaban J connectivity index is 1.30. The fourth-order valence-corrected chi connectivity index (χ4v) is 5.10. The van der Waals surface area contributed by atoms with Crippen LogP contribution in [0.4, 0.5) is 0 Å². The van der Waals surface area contributed by atoms with E-state index in [0.717, 1.165) is 16.5 Å². The first-order valence-corrected chi connectivity index (χ1v) is 12.7. The number of amides is 2. The molecule has 5 rings (SSSR count). The lowest BCUT2D eigenvalue weighted by molar-refractivity contribution is -0.143. The Hall–Kier alpha value is -3.17. The van der Waals surface area contributed by atoms with Gasteiger partial charge in [-0.15, -0.1) is 0 Å². The number of nitrogens with zero attached hydrogens (tertiary/aromatic N) is 3. The number of hydrogen-bond acceptors (Lipinski definition) is 5. The minimum atomic E-state index is -3.40. The van der Waals surface area contributed by atoms with Crippen molar-refractivity contribution in [1.29, 1.82) is 0 Å². The highest BCUT2D eigenvalue weighted by atomic mass is 32.2. The fraction of sp³-hybridized carbons (Fsp3) is 0.333. The lowest BCUT2D eigenvalue weighted by Crippen LogP contribution is -2.53. The standard InChI is InChI=1S/C24H25N3O5S/c1-33(31,32)27-11-8-18-4-7-20(16-21(18)27)17-2-5-19(6-3-17)22(28)25-12-14-26(15-13-25)23(29)24(30)9-10-24/h2-8,11,16,30H,9-10,12-15H2,1H3. The molecule has 2 amide bonds. The summed E-state index contributed by atoms with van der Waals surface area (Å²) in [5.74, 6) is -0.321. The summed E-state index contributed by atoms with van der Waals surface area (Å²) in [4.78, 5) is 28.6. The minimum absolute atomic E-state index is 0.0970. The van der Waals surface area contributed by atoms with E-state index in [1.165, 1.54) is 10.2 Å². The van der Waals surface area contributed by atoms with Gasteiger partial charge in [-0.05, 0) is 48.2 Å². The van der Waals surface area contributed by atoms with Gasteiger partial charge < -0.3 is 14.9 Å². The first-order valence-electron chi connectivity index (χ1n) is 10.9. The van der Waals surface area contributed by atoms with Crippen LogP contribution in [-0.4, -0.2) is 77.1 Å². The van der Waals surface area contributed by atoms with Gasteiger partial charge in [-0.25, -0.2) is 12.4 Å². The molecule has 1 N–H and O–H groups in total. The third-order valence-corrected chi connectivity index (χ3v) is 7.49. The van der Waals surface area contributed by atoms with Crippen LogP contribution in [-0.2, 0) is 14.8 Å². The van der Waals surface area contributed by atoms with Crippen molar-refractivity contribution in [3.05, 3.63) is 60.3 Å². The molecule has 172 valence electrons. The van der Waals surface area contributed by atoms with Crippen LogP contribution >= 0.6 is 0 Å². The van der Waals surface area contributed by atoms with Gasteiger partial charge in [-0.3, -0.25) is 9.59 Å². The number of carbonyl (C=O) groups excluding carboxylic acids is 2. The molecule has 2 aliphatic rings. The predicted molar refractivity (Wildman–Crippen MR) is 124 cm³/mol. The summed E-state index contributed by atoms with van der Waals surface area (Å²) >= 11 is 0. The number of aliphatic hydroxyl groups is 1. The molecule has 2 fully saturated rings. The van der Waals surface area contributed by atoms with Crippen molar-refractivity contribution in [2.75, 3.05) is 32.4 Å². The van der Waals surface area contributed by atoms with Crippen molar-refractivity contribution in [3.8, 4) is 11.1 Å². The van der Waals surface area contributed by atoms with Crippen LogP contribution in [0.2, 0.25) is 0 Å². The van der Waals surface area contributed by atoms with E-state index >= 15 is 0 Å². The summed E-state index contributed by atoms with van der Waals surface area (Å²) < 4.78 is 25.3. The molecule has 1 saturated carbocycles. The van der Waals surface area contributed by atoms with Crippen LogP contribution in [0.25, 0.3) is 22.0 Å².